The first kappa shape index (κ1) is 50.0. The van der Waals surface area contributed by atoms with Crippen molar-refractivity contribution in [1.29, 1.82) is 0 Å². The van der Waals surface area contributed by atoms with Gasteiger partial charge in [0.1, 0.15) is 17.3 Å². The standard InChI is InChI=1S/C76H67N5O/c1-73(2,3)47-35-38-77-70(41-47)81-66-31-18-15-27-56(66)57-34-33-51(43-68(57)81)82-50-22-19-21-49(42-50)78-46-79-71-58(28-20-32-67(71)78)52-23-11-12-24-53(52)59-44-62-63(76(9,10)37-36-75(62,7)8)45-60(59)61-39-48(74(4,5)6)40-69(72(61)79)80-64-29-16-13-25-54(64)55-26-14-17-30-65(55)80/h11-35,38-45H,36-37H2,1-10H3. The van der Waals surface area contributed by atoms with Crippen LogP contribution in [0.2, 0.25) is 0 Å². The van der Waals surface area contributed by atoms with Gasteiger partial charge in [-0.3, -0.25) is 13.7 Å². The van der Waals surface area contributed by atoms with Gasteiger partial charge in [-0.1, -0.05) is 184 Å². The fourth-order valence-electron chi connectivity index (χ4n) is 13.7. The third-order valence-corrected chi connectivity index (χ3v) is 18.3. The summed E-state index contributed by atoms with van der Waals surface area (Å²) in [6.45, 7) is 23.6. The molecule has 0 spiro atoms. The van der Waals surface area contributed by atoms with E-state index in [0.717, 1.165) is 91.3 Å². The lowest BCUT2D eigenvalue weighted by Gasteiger charge is -2.42. The lowest BCUT2D eigenvalue weighted by Crippen LogP contribution is -2.34. The van der Waals surface area contributed by atoms with Gasteiger partial charge in [-0.25, -0.2) is 4.98 Å². The summed E-state index contributed by atoms with van der Waals surface area (Å²) >= 11 is 0. The molecule has 0 unspecified atom stereocenters. The van der Waals surface area contributed by atoms with E-state index in [-0.39, 0.29) is 21.7 Å². The van der Waals surface area contributed by atoms with Gasteiger partial charge < -0.3 is 9.30 Å². The number of fused-ring (bicyclic) bond motifs is 14. The Labute approximate surface area is 480 Å². The molecule has 402 valence electrons. The molecule has 2 aliphatic rings. The van der Waals surface area contributed by atoms with Crippen LogP contribution in [0.4, 0.5) is 0 Å². The zero-order valence-electron chi connectivity index (χ0n) is 48.6. The molecule has 82 heavy (non-hydrogen) atoms. The molecule has 0 N–H and O–H groups in total. The van der Waals surface area contributed by atoms with E-state index in [1.807, 2.05) is 6.20 Å². The molecular weight excluding hydrogens is 999 g/mol. The van der Waals surface area contributed by atoms with Crippen LogP contribution in [-0.2, 0) is 21.7 Å². The molecule has 15 rings (SSSR count). The van der Waals surface area contributed by atoms with Crippen LogP contribution < -0.4 is 9.30 Å². The number of aromatic nitrogens is 5. The van der Waals surface area contributed by atoms with Crippen LogP contribution in [0.15, 0.2) is 200 Å². The van der Waals surface area contributed by atoms with E-state index in [1.54, 1.807) is 0 Å². The van der Waals surface area contributed by atoms with Gasteiger partial charge >= 0.3 is 0 Å². The Hall–Kier alpha value is -9.00. The van der Waals surface area contributed by atoms with Crippen molar-refractivity contribution in [2.45, 2.75) is 104 Å². The van der Waals surface area contributed by atoms with Crippen LogP contribution in [0.1, 0.15) is 104 Å². The SMILES string of the molecule is CC(C)(C)c1ccnc(-n2c3ccccc3c3ccc(Oc4cccc(-n5[c-][n+]6c7c(cccc75)-c5ccccc5-c5cc7c(cc5-c5cc(C(C)(C)C)cc(-n8c9ccccc9c9ccccc98)c5-6)C(C)(C)CCC7(C)C)c4)cc32)c1. The van der Waals surface area contributed by atoms with Gasteiger partial charge in [-0.2, -0.15) is 0 Å². The first-order chi connectivity index (χ1) is 39.4. The van der Waals surface area contributed by atoms with Crippen molar-refractivity contribution < 1.29 is 9.30 Å². The summed E-state index contributed by atoms with van der Waals surface area (Å²) in [6, 6.07) is 71.8. The van der Waals surface area contributed by atoms with Crippen molar-refractivity contribution in [2.75, 3.05) is 0 Å². The van der Waals surface area contributed by atoms with Gasteiger partial charge in [-0.05, 0) is 163 Å². The van der Waals surface area contributed by atoms with Crippen molar-refractivity contribution in [3.8, 4) is 67.8 Å². The van der Waals surface area contributed by atoms with Crippen LogP contribution in [-0.4, -0.2) is 18.7 Å². The molecule has 1 aliphatic heterocycles. The van der Waals surface area contributed by atoms with E-state index < -0.39 is 0 Å². The van der Waals surface area contributed by atoms with E-state index in [9.17, 15) is 0 Å². The normalized spacial score (nSPS) is 14.6. The summed E-state index contributed by atoms with van der Waals surface area (Å²) in [4.78, 5) is 4.96. The highest BCUT2D eigenvalue weighted by Gasteiger charge is 2.39. The summed E-state index contributed by atoms with van der Waals surface area (Å²) < 4.78 is 16.5. The number of para-hydroxylation sites is 4. The molecule has 0 atom stereocenters. The van der Waals surface area contributed by atoms with Gasteiger partial charge in [0, 0.05) is 33.8 Å². The van der Waals surface area contributed by atoms with Crippen molar-refractivity contribution in [2.24, 2.45) is 0 Å². The van der Waals surface area contributed by atoms with Gasteiger partial charge in [0.15, 0.2) is 0 Å². The molecule has 9 aromatic carbocycles. The molecule has 0 fully saturated rings. The molecular formula is C76H67N5O. The minimum Gasteiger partial charge on any atom is -0.458 e. The second-order valence-corrected chi connectivity index (χ2v) is 26.5. The third-order valence-electron chi connectivity index (χ3n) is 18.3. The molecule has 0 saturated carbocycles. The largest absolute Gasteiger partial charge is 0.458 e. The van der Waals surface area contributed by atoms with E-state index in [4.69, 9.17) is 9.72 Å². The zero-order chi connectivity index (χ0) is 56.2. The molecule has 6 heteroatoms. The number of hydrogen-bond acceptors (Lipinski definition) is 2. The van der Waals surface area contributed by atoms with E-state index >= 15 is 0 Å². The minimum absolute atomic E-state index is 0.00317. The van der Waals surface area contributed by atoms with Crippen molar-refractivity contribution in [1.82, 2.24) is 18.7 Å². The highest BCUT2D eigenvalue weighted by Crippen LogP contribution is 2.53. The van der Waals surface area contributed by atoms with Gasteiger partial charge in [0.05, 0.1) is 50.2 Å². The predicted octanol–water partition coefficient (Wildman–Crippen LogP) is 19.3. The Kier molecular flexibility index (Phi) is 10.8. The molecule has 4 aromatic heterocycles. The van der Waals surface area contributed by atoms with E-state index in [1.165, 1.54) is 66.2 Å². The number of imidazole rings is 1. The molecule has 0 saturated heterocycles. The maximum atomic E-state index is 6.99. The molecule has 1 aliphatic carbocycles. The average Bonchev–Trinajstić information content (AvgIpc) is 2.91. The number of nitrogens with zero attached hydrogens (tertiary/aromatic N) is 5. The first-order valence-electron chi connectivity index (χ1n) is 29.2. The van der Waals surface area contributed by atoms with Crippen molar-refractivity contribution in [3.63, 3.8) is 0 Å². The Balaban J connectivity index is 0.995. The fourth-order valence-corrected chi connectivity index (χ4v) is 13.7. The zero-order valence-corrected chi connectivity index (χ0v) is 48.6. The predicted molar refractivity (Wildman–Crippen MR) is 339 cm³/mol. The van der Waals surface area contributed by atoms with Crippen LogP contribution >= 0.6 is 0 Å². The second kappa shape index (κ2) is 17.7. The lowest BCUT2D eigenvalue weighted by molar-refractivity contribution is -0.571. The highest BCUT2D eigenvalue weighted by atomic mass is 16.5. The molecule has 0 bridgehead atoms. The fraction of sp³-hybridized carbons (Fsp3) is 0.211. The number of ether oxygens (including phenoxy) is 1. The van der Waals surface area contributed by atoms with Crippen molar-refractivity contribution >= 4 is 54.6 Å². The van der Waals surface area contributed by atoms with Gasteiger partial charge in [-0.15, -0.1) is 0 Å². The van der Waals surface area contributed by atoms with Gasteiger partial charge in [0.2, 0.25) is 0 Å². The third kappa shape index (κ3) is 7.67. The summed E-state index contributed by atoms with van der Waals surface area (Å²) in [5.41, 5.74) is 22.1. The Morgan fingerprint density at radius 3 is 1.63 bits per heavy atom. The Bertz CT molecular complexity index is 4760. The minimum atomic E-state index is -0.197. The summed E-state index contributed by atoms with van der Waals surface area (Å²) in [6.07, 6.45) is 8.32. The quantitative estimate of drug-likeness (QED) is 0.127. The molecule has 6 nitrogen and oxygen atoms in total. The van der Waals surface area contributed by atoms with Crippen molar-refractivity contribution in [3.05, 3.63) is 229 Å². The van der Waals surface area contributed by atoms with Gasteiger partial charge in [0.25, 0.3) is 6.33 Å². The number of benzene rings is 9. The number of hydrogen-bond donors (Lipinski definition) is 0. The number of pyridine rings is 1. The van der Waals surface area contributed by atoms with E-state index in [2.05, 4.69) is 288 Å². The van der Waals surface area contributed by atoms with E-state index in [0.29, 0.717) is 0 Å². The second-order valence-electron chi connectivity index (χ2n) is 26.5. The summed E-state index contributed by atoms with van der Waals surface area (Å²) in [7, 11) is 0. The summed E-state index contributed by atoms with van der Waals surface area (Å²) in [5, 5.41) is 4.77. The lowest BCUT2D eigenvalue weighted by atomic mass is 9.62. The molecule has 13 aromatic rings. The molecule has 0 amide bonds. The molecule has 5 heterocycles. The van der Waals surface area contributed by atoms with Crippen LogP contribution in [0, 0.1) is 6.33 Å². The molecule has 0 radical (unpaired) electrons. The maximum absolute atomic E-state index is 6.99. The van der Waals surface area contributed by atoms with Crippen LogP contribution in [0.5, 0.6) is 11.5 Å². The Morgan fingerprint density at radius 1 is 0.451 bits per heavy atom. The average molecular weight is 1070 g/mol. The highest BCUT2D eigenvalue weighted by molar-refractivity contribution is 6.11. The first-order valence-corrected chi connectivity index (χ1v) is 29.2. The number of rotatable bonds is 5. The maximum Gasteiger partial charge on any atom is 0.269 e. The van der Waals surface area contributed by atoms with Crippen LogP contribution in [0.25, 0.3) is 111 Å². The topological polar surface area (TPSA) is 40.8 Å². The Morgan fingerprint density at radius 2 is 0.988 bits per heavy atom. The monoisotopic (exact) mass is 1070 g/mol. The van der Waals surface area contributed by atoms with Crippen LogP contribution in [0.3, 0.4) is 0 Å². The smallest absolute Gasteiger partial charge is 0.269 e. The summed E-state index contributed by atoms with van der Waals surface area (Å²) in [5.74, 6) is 2.35.